The van der Waals surface area contributed by atoms with Crippen LogP contribution in [0.3, 0.4) is 0 Å². The maximum atomic E-state index is 13.7. The van der Waals surface area contributed by atoms with Crippen LogP contribution in [0.25, 0.3) is 0 Å². The Kier molecular flexibility index (Phi) is 7.28. The van der Waals surface area contributed by atoms with E-state index in [9.17, 15) is 18.3 Å². The molecule has 4 rings (SSSR count). The van der Waals surface area contributed by atoms with Gasteiger partial charge in [-0.15, -0.1) is 11.8 Å². The highest BCUT2D eigenvalue weighted by Gasteiger charge is 2.45. The van der Waals surface area contributed by atoms with Gasteiger partial charge in [0.15, 0.2) is 0 Å². The Balaban J connectivity index is 1.77. The molecule has 1 heterocycles. The number of hydrogen-bond acceptors (Lipinski definition) is 4. The predicted octanol–water partition coefficient (Wildman–Crippen LogP) is 5.75. The third-order valence-electron chi connectivity index (χ3n) is 5.84. The fourth-order valence-electron chi connectivity index (χ4n) is 4.11. The number of rotatable bonds is 6. The number of piperidine rings is 1. The average Bonchev–Trinajstić information content (AvgIpc) is 2.79. The first-order valence-corrected chi connectivity index (χ1v) is 13.7. The van der Waals surface area contributed by atoms with Crippen molar-refractivity contribution in [1.82, 2.24) is 4.31 Å². The average molecular weight is 547 g/mol. The van der Waals surface area contributed by atoms with Gasteiger partial charge in [0.2, 0.25) is 10.0 Å². The molecule has 5 nitrogen and oxygen atoms in total. The number of aryl methyl sites for hydroxylation is 1. The van der Waals surface area contributed by atoms with Gasteiger partial charge in [-0.3, -0.25) is 4.79 Å². The van der Waals surface area contributed by atoms with Gasteiger partial charge in [-0.05, 0) is 55.3 Å². The van der Waals surface area contributed by atoms with E-state index in [1.54, 1.807) is 24.3 Å². The fourth-order valence-corrected chi connectivity index (χ4v) is 7.49. The normalized spacial score (nSPS) is 21.6. The molecular formula is C25H24BrNO4S2. The van der Waals surface area contributed by atoms with Gasteiger partial charge in [-0.2, -0.15) is 4.31 Å². The molecule has 3 atom stereocenters. The summed E-state index contributed by atoms with van der Waals surface area (Å²) in [7, 11) is -3.91. The van der Waals surface area contributed by atoms with Gasteiger partial charge >= 0.3 is 5.97 Å². The molecule has 3 aromatic rings. The molecular weight excluding hydrogens is 522 g/mol. The zero-order valence-electron chi connectivity index (χ0n) is 18.0. The zero-order valence-corrected chi connectivity index (χ0v) is 21.2. The van der Waals surface area contributed by atoms with Crippen LogP contribution < -0.4 is 0 Å². The summed E-state index contributed by atoms with van der Waals surface area (Å²) in [6.07, 6.45) is 0.387. The SMILES string of the molecule is Cc1ccc(S(=O)(=O)N2C[C@@H](C(=O)O)[C@H](Sc3ccccc3)C[C@H]2c2cccc(Br)c2)cc1. The maximum absolute atomic E-state index is 13.7. The van der Waals surface area contributed by atoms with Crippen molar-refractivity contribution < 1.29 is 18.3 Å². The number of carbonyl (C=O) groups is 1. The van der Waals surface area contributed by atoms with E-state index in [0.717, 1.165) is 20.5 Å². The first-order chi connectivity index (χ1) is 15.8. The molecule has 0 unspecified atom stereocenters. The van der Waals surface area contributed by atoms with Crippen LogP contribution in [0.15, 0.2) is 93.1 Å². The lowest BCUT2D eigenvalue weighted by atomic mass is 9.90. The molecule has 1 aliphatic heterocycles. The Labute approximate surface area is 207 Å². The van der Waals surface area contributed by atoms with Crippen molar-refractivity contribution in [3.63, 3.8) is 0 Å². The largest absolute Gasteiger partial charge is 0.481 e. The molecule has 0 bridgehead atoms. The number of halogens is 1. The lowest BCUT2D eigenvalue weighted by Gasteiger charge is -2.41. The van der Waals surface area contributed by atoms with Crippen molar-refractivity contribution in [2.75, 3.05) is 6.54 Å². The van der Waals surface area contributed by atoms with Crippen LogP contribution in [0.2, 0.25) is 0 Å². The number of thioether (sulfide) groups is 1. The van der Waals surface area contributed by atoms with Crippen molar-refractivity contribution in [3.05, 3.63) is 94.5 Å². The summed E-state index contributed by atoms with van der Waals surface area (Å²) < 4.78 is 29.7. The summed E-state index contributed by atoms with van der Waals surface area (Å²) >= 11 is 4.99. The molecule has 0 amide bonds. The third kappa shape index (κ3) is 5.35. The van der Waals surface area contributed by atoms with Crippen LogP contribution >= 0.6 is 27.7 Å². The van der Waals surface area contributed by atoms with Gasteiger partial charge in [0.25, 0.3) is 0 Å². The Hall–Kier alpha value is -2.13. The molecule has 0 spiro atoms. The highest BCUT2D eigenvalue weighted by Crippen LogP contribution is 2.44. The van der Waals surface area contributed by atoms with Crippen molar-refractivity contribution in [3.8, 4) is 0 Å². The highest BCUT2D eigenvalue weighted by atomic mass is 79.9. The van der Waals surface area contributed by atoms with Crippen LogP contribution in [0, 0.1) is 12.8 Å². The van der Waals surface area contributed by atoms with Crippen LogP contribution in [0.5, 0.6) is 0 Å². The highest BCUT2D eigenvalue weighted by molar-refractivity contribution is 9.10. The van der Waals surface area contributed by atoms with Crippen LogP contribution in [-0.4, -0.2) is 35.6 Å². The van der Waals surface area contributed by atoms with E-state index in [-0.39, 0.29) is 16.7 Å². The van der Waals surface area contributed by atoms with Gasteiger partial charge in [0.1, 0.15) is 0 Å². The quantitative estimate of drug-likeness (QED) is 0.426. The Morgan fingerprint density at radius 3 is 2.36 bits per heavy atom. The number of benzene rings is 3. The summed E-state index contributed by atoms with van der Waals surface area (Å²) in [5, 5.41) is 9.76. The van der Waals surface area contributed by atoms with Crippen LogP contribution in [0.4, 0.5) is 0 Å². The number of carboxylic acid groups (broad SMARTS) is 1. The van der Waals surface area contributed by atoms with Gasteiger partial charge < -0.3 is 5.11 Å². The predicted molar refractivity (Wildman–Crippen MR) is 134 cm³/mol. The minimum atomic E-state index is -3.91. The summed E-state index contributed by atoms with van der Waals surface area (Å²) in [5.41, 5.74) is 1.79. The third-order valence-corrected chi connectivity index (χ3v) is 9.59. The Morgan fingerprint density at radius 1 is 1.03 bits per heavy atom. The van der Waals surface area contributed by atoms with E-state index in [4.69, 9.17) is 0 Å². The molecule has 0 saturated carbocycles. The van der Waals surface area contributed by atoms with Crippen molar-refractivity contribution >= 4 is 43.7 Å². The zero-order chi connectivity index (χ0) is 23.6. The number of aliphatic carboxylic acids is 1. The van der Waals surface area contributed by atoms with Gasteiger partial charge in [-0.1, -0.05) is 64.0 Å². The monoisotopic (exact) mass is 545 g/mol. The number of sulfonamides is 1. The molecule has 1 aliphatic rings. The standard InChI is InChI=1S/C25H24BrNO4S2/c1-17-10-12-21(13-11-17)33(30,31)27-16-22(25(28)29)24(32-20-8-3-2-4-9-20)15-23(27)18-6-5-7-19(26)14-18/h2-14,22-24H,15-16H2,1H3,(H,28,29)/t22-,23+,24-/m1/s1. The molecule has 3 aromatic carbocycles. The second kappa shape index (κ2) is 10.0. The number of nitrogens with zero attached hydrogens (tertiary/aromatic N) is 1. The van der Waals surface area contributed by atoms with E-state index < -0.39 is 28.0 Å². The van der Waals surface area contributed by atoms with E-state index in [2.05, 4.69) is 15.9 Å². The maximum Gasteiger partial charge on any atom is 0.308 e. The van der Waals surface area contributed by atoms with E-state index >= 15 is 0 Å². The molecule has 172 valence electrons. The van der Waals surface area contributed by atoms with Crippen molar-refractivity contribution in [2.24, 2.45) is 5.92 Å². The Bertz CT molecular complexity index is 1230. The van der Waals surface area contributed by atoms with Crippen molar-refractivity contribution in [2.45, 2.75) is 34.4 Å². The summed E-state index contributed by atoms with van der Waals surface area (Å²) in [4.78, 5) is 13.4. The second-order valence-corrected chi connectivity index (χ2v) is 12.2. The first kappa shape index (κ1) is 24.0. The topological polar surface area (TPSA) is 74.7 Å². The summed E-state index contributed by atoms with van der Waals surface area (Å²) in [5.74, 6) is -1.82. The number of carboxylic acids is 1. The molecule has 1 saturated heterocycles. The van der Waals surface area contributed by atoms with Gasteiger partial charge in [-0.25, -0.2) is 8.42 Å². The lowest BCUT2D eigenvalue weighted by Crippen LogP contribution is -2.49. The van der Waals surface area contributed by atoms with E-state index in [1.807, 2.05) is 61.5 Å². The smallest absolute Gasteiger partial charge is 0.308 e. The number of hydrogen-bond donors (Lipinski definition) is 1. The van der Waals surface area contributed by atoms with Crippen LogP contribution in [-0.2, 0) is 14.8 Å². The van der Waals surface area contributed by atoms with Gasteiger partial charge in [0.05, 0.1) is 16.9 Å². The second-order valence-electron chi connectivity index (χ2n) is 8.11. The molecule has 1 N–H and O–H groups in total. The minimum absolute atomic E-state index is 0.0901. The van der Waals surface area contributed by atoms with Gasteiger partial charge in [0, 0.05) is 21.2 Å². The Morgan fingerprint density at radius 2 is 1.73 bits per heavy atom. The van der Waals surface area contributed by atoms with Crippen LogP contribution in [0.1, 0.15) is 23.6 Å². The minimum Gasteiger partial charge on any atom is -0.481 e. The molecule has 0 aromatic heterocycles. The van der Waals surface area contributed by atoms with E-state index in [1.165, 1.54) is 16.1 Å². The molecule has 8 heteroatoms. The van der Waals surface area contributed by atoms with Crippen molar-refractivity contribution in [1.29, 1.82) is 0 Å². The van der Waals surface area contributed by atoms with E-state index in [0.29, 0.717) is 6.42 Å². The molecule has 1 fully saturated rings. The molecule has 0 aliphatic carbocycles. The lowest BCUT2D eigenvalue weighted by molar-refractivity contribution is -0.143. The molecule has 33 heavy (non-hydrogen) atoms. The summed E-state index contributed by atoms with van der Waals surface area (Å²) in [6, 6.07) is 23.4. The summed E-state index contributed by atoms with van der Waals surface area (Å²) in [6.45, 7) is 1.81. The fraction of sp³-hybridized carbons (Fsp3) is 0.240. The first-order valence-electron chi connectivity index (χ1n) is 10.5. The molecule has 0 radical (unpaired) electrons.